The molecule has 0 aliphatic carbocycles. The number of aromatic nitrogens is 1. The third-order valence-electron chi connectivity index (χ3n) is 5.01. The first kappa shape index (κ1) is 20.7. The number of hydrogen-bond donors (Lipinski definition) is 3. The van der Waals surface area contributed by atoms with Gasteiger partial charge in [0.2, 0.25) is 0 Å². The number of nitrogens with zero attached hydrogens (tertiary/aromatic N) is 2. The Morgan fingerprint density at radius 3 is 2.81 bits per heavy atom. The predicted molar refractivity (Wildman–Crippen MR) is 116 cm³/mol. The number of carbonyl (C=O) groups excluding carboxylic acids is 1. The molecule has 31 heavy (non-hydrogen) atoms. The minimum absolute atomic E-state index is 0.0534. The van der Waals surface area contributed by atoms with Crippen LogP contribution in [-0.2, 0) is 11.3 Å². The summed E-state index contributed by atoms with van der Waals surface area (Å²) in [5.74, 6) is -1.48. The monoisotopic (exact) mass is 439 g/mol. The molecule has 0 bridgehead atoms. The first-order valence-electron chi connectivity index (χ1n) is 9.74. The number of carboxylic acid groups (broad SMARTS) is 1. The molecule has 1 atom stereocenters. The van der Waals surface area contributed by atoms with E-state index in [1.54, 1.807) is 11.0 Å². The highest BCUT2D eigenvalue weighted by Crippen LogP contribution is 2.29. The molecule has 3 N–H and O–H groups in total. The van der Waals surface area contributed by atoms with Gasteiger partial charge in [0.25, 0.3) is 0 Å². The molecular weight excluding hydrogens is 418 g/mol. The lowest BCUT2D eigenvalue weighted by molar-refractivity contribution is 0.0693. The van der Waals surface area contributed by atoms with Crippen molar-refractivity contribution >= 4 is 28.5 Å². The first-order chi connectivity index (χ1) is 15.0. The van der Waals surface area contributed by atoms with E-state index in [2.05, 4.69) is 10.3 Å². The Balaban J connectivity index is 1.33. The molecule has 8 nitrogen and oxygen atoms in total. The van der Waals surface area contributed by atoms with Gasteiger partial charge in [0.05, 0.1) is 5.69 Å². The number of carbonyl (C=O) groups is 2. The minimum Gasteiger partial charge on any atom is -0.507 e. The van der Waals surface area contributed by atoms with Crippen LogP contribution in [-0.4, -0.2) is 51.3 Å². The summed E-state index contributed by atoms with van der Waals surface area (Å²) in [7, 11) is 0. The molecule has 3 aromatic rings. The van der Waals surface area contributed by atoms with Crippen molar-refractivity contribution in [1.29, 1.82) is 0 Å². The van der Waals surface area contributed by atoms with Crippen LogP contribution in [0.4, 0.5) is 9.93 Å². The number of benzene rings is 2. The number of anilines is 1. The number of nitrogens with one attached hydrogen (secondary N) is 1. The average molecular weight is 439 g/mol. The Labute approximate surface area is 182 Å². The van der Waals surface area contributed by atoms with Gasteiger partial charge in [-0.2, -0.15) is 0 Å². The molecule has 1 aliphatic heterocycles. The van der Waals surface area contributed by atoms with Crippen LogP contribution in [0.25, 0.3) is 11.3 Å². The zero-order valence-corrected chi connectivity index (χ0v) is 17.3. The molecule has 160 valence electrons. The first-order valence-corrected chi connectivity index (χ1v) is 10.6. The second-order valence-electron chi connectivity index (χ2n) is 7.19. The van der Waals surface area contributed by atoms with Crippen LogP contribution in [0.5, 0.6) is 5.75 Å². The second-order valence-corrected chi connectivity index (χ2v) is 8.05. The van der Waals surface area contributed by atoms with Crippen LogP contribution < -0.4 is 5.32 Å². The molecule has 1 fully saturated rings. The van der Waals surface area contributed by atoms with E-state index in [0.29, 0.717) is 29.5 Å². The fraction of sp³-hybridized carbons (Fsp3) is 0.227. The number of aromatic hydroxyl groups is 1. The van der Waals surface area contributed by atoms with Gasteiger partial charge in [0.1, 0.15) is 17.9 Å². The molecule has 2 aromatic carbocycles. The minimum atomic E-state index is -1.20. The molecule has 1 aromatic heterocycles. The summed E-state index contributed by atoms with van der Waals surface area (Å²) < 4.78 is 5.39. The maximum atomic E-state index is 12.3. The maximum absolute atomic E-state index is 12.3. The van der Waals surface area contributed by atoms with E-state index >= 15 is 0 Å². The average Bonchev–Trinajstić information content (AvgIpc) is 3.43. The molecule has 4 rings (SSSR count). The highest BCUT2D eigenvalue weighted by Gasteiger charge is 2.28. The van der Waals surface area contributed by atoms with Crippen LogP contribution in [0.1, 0.15) is 22.3 Å². The number of rotatable bonds is 6. The molecule has 0 spiro atoms. The maximum Gasteiger partial charge on any atom is 0.410 e. The van der Waals surface area contributed by atoms with Gasteiger partial charge < -0.3 is 25.2 Å². The third kappa shape index (κ3) is 4.95. The Morgan fingerprint density at radius 1 is 1.23 bits per heavy atom. The van der Waals surface area contributed by atoms with Crippen molar-refractivity contribution in [3.05, 3.63) is 65.0 Å². The molecule has 1 unspecified atom stereocenters. The number of hydrogen-bond acceptors (Lipinski definition) is 7. The van der Waals surface area contributed by atoms with Crippen molar-refractivity contribution in [2.24, 2.45) is 0 Å². The van der Waals surface area contributed by atoms with Crippen LogP contribution in [0.15, 0.2) is 53.9 Å². The molecule has 9 heteroatoms. The molecular formula is C22H21N3O5S. The van der Waals surface area contributed by atoms with E-state index in [1.165, 1.54) is 23.5 Å². The molecule has 1 aliphatic rings. The number of amides is 1. The van der Waals surface area contributed by atoms with Crippen molar-refractivity contribution in [2.75, 3.05) is 18.4 Å². The largest absolute Gasteiger partial charge is 0.507 e. The van der Waals surface area contributed by atoms with Crippen molar-refractivity contribution in [1.82, 2.24) is 9.88 Å². The Bertz CT molecular complexity index is 1090. The summed E-state index contributed by atoms with van der Waals surface area (Å²) in [5, 5.41) is 24.7. The Kier molecular flexibility index (Phi) is 6.03. The SMILES string of the molecule is O=C(O)c1cc(-c2csc(NC3CCN(C(=O)OCc4ccccc4)C3)n2)ccc1O. The van der Waals surface area contributed by atoms with Gasteiger partial charge in [-0.3, -0.25) is 0 Å². The highest BCUT2D eigenvalue weighted by molar-refractivity contribution is 7.14. The van der Waals surface area contributed by atoms with Gasteiger partial charge in [-0.25, -0.2) is 14.6 Å². The summed E-state index contributed by atoms with van der Waals surface area (Å²) in [5.41, 5.74) is 2.00. The van der Waals surface area contributed by atoms with Crippen LogP contribution in [0.2, 0.25) is 0 Å². The van der Waals surface area contributed by atoms with Crippen molar-refractivity contribution in [3.63, 3.8) is 0 Å². The molecule has 0 saturated carbocycles. The fourth-order valence-electron chi connectivity index (χ4n) is 3.37. The number of likely N-dealkylation sites (tertiary alicyclic amines) is 1. The smallest absolute Gasteiger partial charge is 0.410 e. The number of aromatic carboxylic acids is 1. The lowest BCUT2D eigenvalue weighted by Crippen LogP contribution is -2.32. The number of thiazole rings is 1. The molecule has 2 heterocycles. The zero-order valence-electron chi connectivity index (χ0n) is 16.5. The van der Waals surface area contributed by atoms with E-state index < -0.39 is 5.97 Å². The molecule has 0 radical (unpaired) electrons. The quantitative estimate of drug-likeness (QED) is 0.531. The standard InChI is InChI=1S/C22H21N3O5S/c26-19-7-6-15(10-17(19)20(27)28)18-13-31-21(24-18)23-16-8-9-25(11-16)22(29)30-12-14-4-2-1-3-5-14/h1-7,10,13,16,26H,8-9,11-12H2,(H,23,24)(H,27,28). The number of phenols is 1. The van der Waals surface area contributed by atoms with Crippen LogP contribution >= 0.6 is 11.3 Å². The van der Waals surface area contributed by atoms with Gasteiger partial charge >= 0.3 is 12.1 Å². The van der Waals surface area contributed by atoms with Gasteiger partial charge in [0.15, 0.2) is 5.13 Å². The zero-order chi connectivity index (χ0) is 21.8. The molecule has 1 saturated heterocycles. The fourth-order valence-corrected chi connectivity index (χ4v) is 4.17. The van der Waals surface area contributed by atoms with Gasteiger partial charge in [-0.15, -0.1) is 11.3 Å². The van der Waals surface area contributed by atoms with E-state index in [9.17, 15) is 19.8 Å². The van der Waals surface area contributed by atoms with E-state index in [1.807, 2.05) is 35.7 Å². The normalized spacial score (nSPS) is 15.6. The van der Waals surface area contributed by atoms with Crippen LogP contribution in [0, 0.1) is 0 Å². The van der Waals surface area contributed by atoms with Crippen molar-refractivity contribution < 1.29 is 24.5 Å². The van der Waals surface area contributed by atoms with E-state index in [4.69, 9.17) is 4.74 Å². The van der Waals surface area contributed by atoms with E-state index in [-0.39, 0.29) is 30.1 Å². The van der Waals surface area contributed by atoms with Crippen molar-refractivity contribution in [2.45, 2.75) is 19.1 Å². The Hall–Kier alpha value is -3.59. The highest BCUT2D eigenvalue weighted by atomic mass is 32.1. The summed E-state index contributed by atoms with van der Waals surface area (Å²) in [6, 6.07) is 14.0. The summed E-state index contributed by atoms with van der Waals surface area (Å²) >= 11 is 1.40. The van der Waals surface area contributed by atoms with E-state index in [0.717, 1.165) is 12.0 Å². The predicted octanol–water partition coefficient (Wildman–Crippen LogP) is 4.04. The summed E-state index contributed by atoms with van der Waals surface area (Å²) in [4.78, 5) is 29.7. The lowest BCUT2D eigenvalue weighted by Gasteiger charge is -2.16. The lowest BCUT2D eigenvalue weighted by atomic mass is 10.1. The van der Waals surface area contributed by atoms with Gasteiger partial charge in [-0.05, 0) is 30.2 Å². The number of carboxylic acids is 1. The van der Waals surface area contributed by atoms with Crippen LogP contribution in [0.3, 0.4) is 0 Å². The third-order valence-corrected chi connectivity index (χ3v) is 5.78. The second kappa shape index (κ2) is 9.05. The molecule has 1 amide bonds. The van der Waals surface area contributed by atoms with Gasteiger partial charge in [-0.1, -0.05) is 30.3 Å². The summed E-state index contributed by atoms with van der Waals surface area (Å²) in [6.07, 6.45) is 0.441. The number of ether oxygens (including phenoxy) is 1. The Morgan fingerprint density at radius 2 is 2.03 bits per heavy atom. The summed E-state index contributed by atoms with van der Waals surface area (Å²) in [6.45, 7) is 1.36. The van der Waals surface area contributed by atoms with Gasteiger partial charge in [0, 0.05) is 30.1 Å². The topological polar surface area (TPSA) is 112 Å². The van der Waals surface area contributed by atoms with Crippen molar-refractivity contribution in [3.8, 4) is 17.0 Å².